The van der Waals surface area contributed by atoms with Crippen molar-refractivity contribution in [3.05, 3.63) is 29.8 Å². The van der Waals surface area contributed by atoms with E-state index in [1.807, 2.05) is 36.1 Å². The average Bonchev–Trinajstić information content (AvgIpc) is 2.72. The van der Waals surface area contributed by atoms with Crippen molar-refractivity contribution in [3.63, 3.8) is 0 Å². The second-order valence-electron chi connectivity index (χ2n) is 5.74. The van der Waals surface area contributed by atoms with E-state index in [0.29, 0.717) is 19.6 Å². The van der Waals surface area contributed by atoms with Crippen molar-refractivity contribution in [2.45, 2.75) is 45.1 Å². The molecule has 4 heteroatoms. The highest BCUT2D eigenvalue weighted by atomic mass is 16.5. The Morgan fingerprint density at radius 3 is 3.00 bits per heavy atom. The molecular weight excluding hydrogens is 264 g/mol. The monoisotopic (exact) mass is 290 g/mol. The molecule has 1 amide bonds. The van der Waals surface area contributed by atoms with Crippen molar-refractivity contribution < 1.29 is 9.53 Å². The van der Waals surface area contributed by atoms with Gasteiger partial charge in [-0.25, -0.2) is 0 Å². The number of benzene rings is 1. The van der Waals surface area contributed by atoms with Crippen LogP contribution < -0.4 is 10.5 Å². The molecule has 0 bridgehead atoms. The van der Waals surface area contributed by atoms with Gasteiger partial charge in [0.2, 0.25) is 5.91 Å². The topological polar surface area (TPSA) is 55.6 Å². The number of hydrogen-bond donors (Lipinski definition) is 1. The van der Waals surface area contributed by atoms with Gasteiger partial charge in [-0.1, -0.05) is 25.0 Å². The molecule has 1 aromatic rings. The van der Waals surface area contributed by atoms with Crippen LogP contribution in [0.3, 0.4) is 0 Å². The van der Waals surface area contributed by atoms with Crippen molar-refractivity contribution in [1.29, 1.82) is 0 Å². The van der Waals surface area contributed by atoms with E-state index in [-0.39, 0.29) is 11.9 Å². The third-order valence-electron chi connectivity index (χ3n) is 4.04. The molecule has 0 spiro atoms. The minimum absolute atomic E-state index is 0.167. The summed E-state index contributed by atoms with van der Waals surface area (Å²) in [6.07, 6.45) is 4.90. The first-order chi connectivity index (χ1) is 10.2. The number of hydrogen-bond acceptors (Lipinski definition) is 3. The third kappa shape index (κ3) is 4.74. The van der Waals surface area contributed by atoms with Gasteiger partial charge in [0.15, 0.2) is 0 Å². The Morgan fingerprint density at radius 1 is 1.38 bits per heavy atom. The number of ether oxygens (including phenoxy) is 1. The zero-order valence-electron chi connectivity index (χ0n) is 12.9. The first-order valence-corrected chi connectivity index (χ1v) is 7.89. The number of amides is 1. The van der Waals surface area contributed by atoms with Gasteiger partial charge in [-0.15, -0.1) is 0 Å². The molecule has 1 aliphatic rings. The highest BCUT2D eigenvalue weighted by molar-refractivity contribution is 5.76. The van der Waals surface area contributed by atoms with E-state index in [4.69, 9.17) is 10.5 Å². The molecule has 1 fully saturated rings. The van der Waals surface area contributed by atoms with Crippen molar-refractivity contribution in [1.82, 2.24) is 4.90 Å². The van der Waals surface area contributed by atoms with Crippen LogP contribution >= 0.6 is 0 Å². The van der Waals surface area contributed by atoms with Gasteiger partial charge in [0.25, 0.3) is 0 Å². The molecular formula is C17H26N2O2. The molecule has 1 aromatic carbocycles. The summed E-state index contributed by atoms with van der Waals surface area (Å²) < 4.78 is 5.67. The van der Waals surface area contributed by atoms with Gasteiger partial charge in [0, 0.05) is 19.1 Å². The Kier molecular flexibility index (Phi) is 6.05. The molecule has 4 nitrogen and oxygen atoms in total. The lowest BCUT2D eigenvalue weighted by Crippen LogP contribution is -2.44. The molecule has 1 heterocycles. The van der Waals surface area contributed by atoms with E-state index < -0.39 is 0 Å². The summed E-state index contributed by atoms with van der Waals surface area (Å²) in [5, 5.41) is 0. The second-order valence-corrected chi connectivity index (χ2v) is 5.74. The molecule has 2 rings (SSSR count). The highest BCUT2D eigenvalue weighted by Gasteiger charge is 2.23. The fourth-order valence-electron chi connectivity index (χ4n) is 2.86. The van der Waals surface area contributed by atoms with Gasteiger partial charge >= 0.3 is 0 Å². The highest BCUT2D eigenvalue weighted by Crippen LogP contribution is 2.17. The lowest BCUT2D eigenvalue weighted by Gasteiger charge is -2.29. The van der Waals surface area contributed by atoms with E-state index in [0.717, 1.165) is 30.7 Å². The molecule has 1 unspecified atom stereocenters. The Hall–Kier alpha value is -1.55. The smallest absolute Gasteiger partial charge is 0.226 e. The lowest BCUT2D eigenvalue weighted by atomic mass is 10.1. The summed E-state index contributed by atoms with van der Waals surface area (Å²) in [5.41, 5.74) is 6.97. The van der Waals surface area contributed by atoms with Gasteiger partial charge in [-0.05, 0) is 37.5 Å². The molecule has 0 aliphatic carbocycles. The van der Waals surface area contributed by atoms with Crippen LogP contribution in [0.2, 0.25) is 0 Å². The summed E-state index contributed by atoms with van der Waals surface area (Å²) in [6, 6.07) is 8.11. The molecule has 1 atom stereocenters. The number of nitrogens with two attached hydrogens (primary N) is 1. The van der Waals surface area contributed by atoms with Gasteiger partial charge in [-0.2, -0.15) is 0 Å². The van der Waals surface area contributed by atoms with E-state index >= 15 is 0 Å². The number of nitrogens with zero attached hydrogens (tertiary/aromatic N) is 1. The average molecular weight is 290 g/mol. The van der Waals surface area contributed by atoms with Crippen LogP contribution in [0.5, 0.6) is 5.75 Å². The number of aryl methyl sites for hydroxylation is 1. The van der Waals surface area contributed by atoms with Crippen molar-refractivity contribution in [2.75, 3.05) is 19.7 Å². The van der Waals surface area contributed by atoms with Crippen molar-refractivity contribution in [3.8, 4) is 5.75 Å². The number of rotatable bonds is 5. The van der Waals surface area contributed by atoms with Crippen molar-refractivity contribution >= 4 is 5.91 Å². The molecule has 21 heavy (non-hydrogen) atoms. The Bertz CT molecular complexity index is 462. The van der Waals surface area contributed by atoms with E-state index in [1.54, 1.807) is 0 Å². The normalized spacial score (nSPS) is 19.1. The summed E-state index contributed by atoms with van der Waals surface area (Å²) >= 11 is 0. The fraction of sp³-hybridized carbons (Fsp3) is 0.588. The maximum Gasteiger partial charge on any atom is 0.226 e. The first kappa shape index (κ1) is 15.8. The van der Waals surface area contributed by atoms with Crippen LogP contribution in [-0.4, -0.2) is 36.5 Å². The van der Waals surface area contributed by atoms with Gasteiger partial charge in [-0.3, -0.25) is 4.79 Å². The SMILES string of the molecule is Cc1cccc(OCCC(=O)N2CCCCCC2CN)c1. The molecule has 0 radical (unpaired) electrons. The van der Waals surface area contributed by atoms with Gasteiger partial charge in [0.05, 0.1) is 13.0 Å². The van der Waals surface area contributed by atoms with Crippen LogP contribution in [0, 0.1) is 6.92 Å². The Labute approximate surface area is 127 Å². The minimum atomic E-state index is 0.167. The van der Waals surface area contributed by atoms with Crippen LogP contribution in [0.15, 0.2) is 24.3 Å². The zero-order valence-corrected chi connectivity index (χ0v) is 12.9. The quantitative estimate of drug-likeness (QED) is 0.906. The molecule has 1 aliphatic heterocycles. The van der Waals surface area contributed by atoms with Crippen molar-refractivity contribution in [2.24, 2.45) is 5.73 Å². The van der Waals surface area contributed by atoms with E-state index in [2.05, 4.69) is 0 Å². The Morgan fingerprint density at radius 2 is 2.24 bits per heavy atom. The molecule has 1 saturated heterocycles. The maximum atomic E-state index is 12.4. The molecule has 0 aromatic heterocycles. The van der Waals surface area contributed by atoms with Gasteiger partial charge < -0.3 is 15.4 Å². The lowest BCUT2D eigenvalue weighted by molar-refractivity contribution is -0.133. The van der Waals surface area contributed by atoms with E-state index in [1.165, 1.54) is 12.8 Å². The Balaban J connectivity index is 1.82. The van der Waals surface area contributed by atoms with Crippen LogP contribution in [-0.2, 0) is 4.79 Å². The predicted octanol–water partition coefficient (Wildman–Crippen LogP) is 2.49. The van der Waals surface area contributed by atoms with E-state index in [9.17, 15) is 4.79 Å². The molecule has 116 valence electrons. The minimum Gasteiger partial charge on any atom is -0.493 e. The summed E-state index contributed by atoms with van der Waals surface area (Å²) in [4.78, 5) is 14.3. The largest absolute Gasteiger partial charge is 0.493 e. The van der Waals surface area contributed by atoms with Crippen LogP contribution in [0.25, 0.3) is 0 Å². The fourth-order valence-corrected chi connectivity index (χ4v) is 2.86. The van der Waals surface area contributed by atoms with Crippen LogP contribution in [0.1, 0.15) is 37.7 Å². The molecule has 0 saturated carbocycles. The number of likely N-dealkylation sites (tertiary alicyclic amines) is 1. The summed E-state index contributed by atoms with van der Waals surface area (Å²) in [7, 11) is 0. The zero-order chi connectivity index (χ0) is 15.1. The molecule has 2 N–H and O–H groups in total. The standard InChI is InChI=1S/C17H26N2O2/c1-14-6-5-8-16(12-14)21-11-9-17(20)19-10-4-2-3-7-15(19)13-18/h5-6,8,12,15H,2-4,7,9-11,13,18H2,1H3. The first-order valence-electron chi connectivity index (χ1n) is 7.89. The second kappa shape index (κ2) is 8.03. The number of carbonyl (C=O) groups excluding carboxylic acids is 1. The van der Waals surface area contributed by atoms with Crippen LogP contribution in [0.4, 0.5) is 0 Å². The van der Waals surface area contributed by atoms with Gasteiger partial charge in [0.1, 0.15) is 5.75 Å². The predicted molar refractivity (Wildman–Crippen MR) is 84.3 cm³/mol. The third-order valence-corrected chi connectivity index (χ3v) is 4.04. The summed E-state index contributed by atoms with van der Waals surface area (Å²) in [6.45, 7) is 3.85. The summed E-state index contributed by atoms with van der Waals surface area (Å²) in [5.74, 6) is 0.994. The number of carbonyl (C=O) groups is 1. The maximum absolute atomic E-state index is 12.4.